The average Bonchev–Trinajstić information content (AvgIpc) is 2.69. The number of nitrogens with zero attached hydrogens (tertiary/aromatic N) is 2. The third kappa shape index (κ3) is 3.37. The number of nitrogens with one attached hydrogen (secondary N) is 1. The fraction of sp³-hybridized carbons (Fsp3) is 0.364. The first kappa shape index (κ1) is 16.1. The molecule has 1 atom stereocenters. The third-order valence-electron chi connectivity index (χ3n) is 5.46. The van der Waals surface area contributed by atoms with Crippen LogP contribution in [0.2, 0.25) is 0 Å². The van der Waals surface area contributed by atoms with Crippen LogP contribution in [0.4, 0.5) is 5.82 Å². The lowest BCUT2D eigenvalue weighted by Gasteiger charge is -2.28. The van der Waals surface area contributed by atoms with E-state index < -0.39 is 0 Å². The molecule has 3 nitrogen and oxygen atoms in total. The molecule has 128 valence electrons. The molecule has 0 spiro atoms. The number of hydrogen-bond donors (Lipinski definition) is 1. The van der Waals surface area contributed by atoms with E-state index in [4.69, 9.17) is 0 Å². The molecular weight excluding hydrogens is 306 g/mol. The topological polar surface area (TPSA) is 37.8 Å². The molecule has 3 aromatic rings. The van der Waals surface area contributed by atoms with Crippen molar-refractivity contribution in [2.45, 2.75) is 45.1 Å². The lowest BCUT2D eigenvalue weighted by Crippen LogP contribution is -2.28. The molecule has 1 aromatic heterocycles. The minimum Gasteiger partial charge on any atom is -0.365 e. The molecule has 0 amide bonds. The van der Waals surface area contributed by atoms with E-state index in [2.05, 4.69) is 58.8 Å². The summed E-state index contributed by atoms with van der Waals surface area (Å²) in [5.74, 6) is 1.65. The van der Waals surface area contributed by atoms with Gasteiger partial charge in [-0.2, -0.15) is 0 Å². The van der Waals surface area contributed by atoms with E-state index in [0.717, 1.165) is 33.8 Å². The van der Waals surface area contributed by atoms with Gasteiger partial charge in [-0.3, -0.25) is 0 Å². The summed E-state index contributed by atoms with van der Waals surface area (Å²) in [6, 6.07) is 19.2. The summed E-state index contributed by atoms with van der Waals surface area (Å²) < 4.78 is 0. The van der Waals surface area contributed by atoms with Crippen molar-refractivity contribution in [3.05, 3.63) is 54.6 Å². The molecule has 0 aliphatic heterocycles. The summed E-state index contributed by atoms with van der Waals surface area (Å²) in [6.07, 6.45) is 6.74. The zero-order valence-electron chi connectivity index (χ0n) is 14.8. The first-order valence-corrected chi connectivity index (χ1v) is 9.40. The third-order valence-corrected chi connectivity index (χ3v) is 5.46. The fourth-order valence-corrected chi connectivity index (χ4v) is 3.99. The Kier molecular flexibility index (Phi) is 4.64. The van der Waals surface area contributed by atoms with Crippen molar-refractivity contribution in [1.29, 1.82) is 0 Å². The minimum absolute atomic E-state index is 0.431. The highest BCUT2D eigenvalue weighted by Gasteiger charge is 2.21. The van der Waals surface area contributed by atoms with Crippen LogP contribution in [0.1, 0.15) is 39.0 Å². The SMILES string of the molecule is C[C@@H](Nc1nnc(-c2ccccc2)c2ccccc12)C1CCCCC1. The number of hydrogen-bond acceptors (Lipinski definition) is 3. The molecule has 0 saturated heterocycles. The van der Waals surface area contributed by atoms with Gasteiger partial charge < -0.3 is 5.32 Å². The van der Waals surface area contributed by atoms with E-state index in [1.807, 2.05) is 18.2 Å². The predicted octanol–water partition coefficient (Wildman–Crippen LogP) is 5.68. The van der Waals surface area contributed by atoms with Crippen LogP contribution in [-0.4, -0.2) is 16.2 Å². The van der Waals surface area contributed by atoms with E-state index in [0.29, 0.717) is 6.04 Å². The van der Waals surface area contributed by atoms with Crippen molar-refractivity contribution in [3.63, 3.8) is 0 Å². The van der Waals surface area contributed by atoms with Crippen LogP contribution in [0, 0.1) is 5.92 Å². The number of rotatable bonds is 4. The maximum absolute atomic E-state index is 4.56. The molecule has 4 rings (SSSR count). The molecule has 0 unspecified atom stereocenters. The Morgan fingerprint density at radius 3 is 2.28 bits per heavy atom. The lowest BCUT2D eigenvalue weighted by molar-refractivity contribution is 0.328. The van der Waals surface area contributed by atoms with Gasteiger partial charge in [0.05, 0.1) is 0 Å². The molecule has 1 fully saturated rings. The van der Waals surface area contributed by atoms with Gasteiger partial charge in [0, 0.05) is 22.4 Å². The Morgan fingerprint density at radius 2 is 1.52 bits per heavy atom. The van der Waals surface area contributed by atoms with Crippen LogP contribution in [0.5, 0.6) is 0 Å². The van der Waals surface area contributed by atoms with Crippen LogP contribution in [0.25, 0.3) is 22.0 Å². The van der Waals surface area contributed by atoms with Gasteiger partial charge in [-0.15, -0.1) is 10.2 Å². The van der Waals surface area contributed by atoms with Crippen molar-refractivity contribution >= 4 is 16.6 Å². The van der Waals surface area contributed by atoms with Gasteiger partial charge in [0.2, 0.25) is 0 Å². The molecular formula is C22H25N3. The van der Waals surface area contributed by atoms with Gasteiger partial charge in [0.15, 0.2) is 5.82 Å². The average molecular weight is 331 g/mol. The molecule has 2 aromatic carbocycles. The van der Waals surface area contributed by atoms with Gasteiger partial charge >= 0.3 is 0 Å². The Balaban J connectivity index is 1.69. The van der Waals surface area contributed by atoms with Gasteiger partial charge in [-0.1, -0.05) is 73.9 Å². The molecule has 1 N–H and O–H groups in total. The van der Waals surface area contributed by atoms with Gasteiger partial charge in [0.25, 0.3) is 0 Å². The normalized spacial score (nSPS) is 16.7. The summed E-state index contributed by atoms with van der Waals surface area (Å²) in [5, 5.41) is 15.1. The Morgan fingerprint density at radius 1 is 0.840 bits per heavy atom. The highest BCUT2D eigenvalue weighted by molar-refractivity contribution is 6.00. The van der Waals surface area contributed by atoms with E-state index >= 15 is 0 Å². The number of anilines is 1. The van der Waals surface area contributed by atoms with Crippen molar-refractivity contribution in [2.75, 3.05) is 5.32 Å². The molecule has 3 heteroatoms. The van der Waals surface area contributed by atoms with Crippen molar-refractivity contribution < 1.29 is 0 Å². The Labute approximate surface area is 149 Å². The number of aromatic nitrogens is 2. The summed E-state index contributed by atoms with van der Waals surface area (Å²) >= 11 is 0. The summed E-state index contributed by atoms with van der Waals surface area (Å²) in [6.45, 7) is 2.29. The van der Waals surface area contributed by atoms with Crippen LogP contribution in [0.15, 0.2) is 54.6 Å². The molecule has 0 radical (unpaired) electrons. The van der Waals surface area contributed by atoms with E-state index in [1.54, 1.807) is 0 Å². The van der Waals surface area contributed by atoms with Gasteiger partial charge in [-0.05, 0) is 25.7 Å². The van der Waals surface area contributed by atoms with E-state index in [9.17, 15) is 0 Å². The molecule has 0 bridgehead atoms. The van der Waals surface area contributed by atoms with Crippen LogP contribution < -0.4 is 5.32 Å². The van der Waals surface area contributed by atoms with Crippen molar-refractivity contribution in [3.8, 4) is 11.3 Å². The van der Waals surface area contributed by atoms with Crippen LogP contribution in [-0.2, 0) is 0 Å². The smallest absolute Gasteiger partial charge is 0.156 e. The largest absolute Gasteiger partial charge is 0.365 e. The van der Waals surface area contributed by atoms with Crippen molar-refractivity contribution in [2.24, 2.45) is 5.92 Å². The second-order valence-electron chi connectivity index (χ2n) is 7.14. The maximum atomic E-state index is 4.56. The monoisotopic (exact) mass is 331 g/mol. The molecule has 25 heavy (non-hydrogen) atoms. The molecule has 1 aliphatic rings. The quantitative estimate of drug-likeness (QED) is 0.668. The predicted molar refractivity (Wildman–Crippen MR) is 105 cm³/mol. The van der Waals surface area contributed by atoms with Crippen molar-refractivity contribution in [1.82, 2.24) is 10.2 Å². The highest BCUT2D eigenvalue weighted by Crippen LogP contribution is 2.32. The summed E-state index contributed by atoms with van der Waals surface area (Å²) in [5.41, 5.74) is 2.06. The minimum atomic E-state index is 0.431. The second-order valence-corrected chi connectivity index (χ2v) is 7.14. The van der Waals surface area contributed by atoms with E-state index in [1.165, 1.54) is 32.1 Å². The maximum Gasteiger partial charge on any atom is 0.156 e. The number of fused-ring (bicyclic) bond motifs is 1. The number of benzene rings is 2. The van der Waals surface area contributed by atoms with E-state index in [-0.39, 0.29) is 0 Å². The van der Waals surface area contributed by atoms with Gasteiger partial charge in [-0.25, -0.2) is 0 Å². The molecule has 1 saturated carbocycles. The van der Waals surface area contributed by atoms with Crippen LogP contribution >= 0.6 is 0 Å². The second kappa shape index (κ2) is 7.22. The zero-order valence-corrected chi connectivity index (χ0v) is 14.8. The standard InChI is InChI=1S/C22H25N3/c1-16(17-10-4-2-5-11-17)23-22-20-15-9-8-14-19(20)21(24-25-22)18-12-6-3-7-13-18/h3,6-9,12-17H,2,4-5,10-11H2,1H3,(H,23,25)/t16-/m1/s1. The summed E-state index contributed by atoms with van der Waals surface area (Å²) in [7, 11) is 0. The molecule has 1 heterocycles. The first-order valence-electron chi connectivity index (χ1n) is 9.40. The fourth-order valence-electron chi connectivity index (χ4n) is 3.99. The highest BCUT2D eigenvalue weighted by atomic mass is 15.2. The Bertz CT molecular complexity index is 838. The van der Waals surface area contributed by atoms with Crippen LogP contribution in [0.3, 0.4) is 0 Å². The zero-order chi connectivity index (χ0) is 17.1. The lowest BCUT2D eigenvalue weighted by atomic mass is 9.84. The Hall–Kier alpha value is -2.42. The summed E-state index contributed by atoms with van der Waals surface area (Å²) in [4.78, 5) is 0. The first-order chi connectivity index (χ1) is 12.3. The molecule has 1 aliphatic carbocycles. The van der Waals surface area contributed by atoms with Gasteiger partial charge in [0.1, 0.15) is 5.69 Å².